The summed E-state index contributed by atoms with van der Waals surface area (Å²) in [5.41, 5.74) is -1.19. The molecule has 0 bridgehead atoms. The van der Waals surface area contributed by atoms with Crippen molar-refractivity contribution in [3.8, 4) is 11.8 Å². The smallest absolute Gasteiger partial charge is 0.305 e. The fraction of sp³-hybridized carbons (Fsp3) is 0.300. The number of aliphatic hydroxyl groups is 1. The molecule has 0 aromatic heterocycles. The Bertz CT molecular complexity index is 1210. The number of hydrogen-bond donors (Lipinski definition) is 3. The Balaban J connectivity index is 2.60. The van der Waals surface area contributed by atoms with E-state index in [9.17, 15) is 30.1 Å². The number of non-ortho nitro benzene ring substituents is 1. The molecule has 1 amide bonds. The maximum atomic E-state index is 11.7. The molecule has 2 aromatic rings. The number of ether oxygens (including phenoxy) is 1. The maximum Gasteiger partial charge on any atom is 0.305 e. The number of anilines is 2. The van der Waals surface area contributed by atoms with E-state index in [1.165, 1.54) is 26.2 Å². The van der Waals surface area contributed by atoms with E-state index >= 15 is 0 Å². The zero-order valence-corrected chi connectivity index (χ0v) is 19.3. The van der Waals surface area contributed by atoms with Crippen LogP contribution in [0.3, 0.4) is 0 Å². The van der Waals surface area contributed by atoms with Gasteiger partial charge in [0.05, 0.1) is 51.9 Å². The van der Waals surface area contributed by atoms with Gasteiger partial charge < -0.3 is 20.5 Å². The van der Waals surface area contributed by atoms with E-state index in [1.807, 2.05) is 6.07 Å². The van der Waals surface area contributed by atoms with Gasteiger partial charge in [-0.2, -0.15) is 5.26 Å². The number of azo groups is 1. The molecular formula is C20H20ClN7O7. The molecule has 1 unspecified atom stereocenters. The van der Waals surface area contributed by atoms with E-state index in [0.29, 0.717) is 11.8 Å². The van der Waals surface area contributed by atoms with Crippen molar-refractivity contribution >= 4 is 51.6 Å². The molecule has 15 heteroatoms. The first-order valence-electron chi connectivity index (χ1n) is 9.89. The Morgan fingerprint density at radius 1 is 1.23 bits per heavy atom. The van der Waals surface area contributed by atoms with E-state index in [-0.39, 0.29) is 41.6 Å². The number of rotatable bonds is 11. The fourth-order valence-corrected chi connectivity index (χ4v) is 3.20. The van der Waals surface area contributed by atoms with E-state index in [0.717, 1.165) is 6.07 Å². The molecule has 3 N–H and O–H groups in total. The SMILES string of the molecule is COc1cc(N=Nc2c(Cl)cc([N+](=O)[O-])cc2[N+](=O)[O-])c(NC(C)=O)cc1NC(CC#N)CCO. The van der Waals surface area contributed by atoms with E-state index in [1.54, 1.807) is 0 Å². The third kappa shape index (κ3) is 7.06. The van der Waals surface area contributed by atoms with Crippen molar-refractivity contribution in [2.45, 2.75) is 25.8 Å². The summed E-state index contributed by atoms with van der Waals surface area (Å²) in [5.74, 6) is -0.223. The van der Waals surface area contributed by atoms with Gasteiger partial charge in [0.25, 0.3) is 5.69 Å². The van der Waals surface area contributed by atoms with Crippen LogP contribution in [0.15, 0.2) is 34.5 Å². The largest absolute Gasteiger partial charge is 0.495 e. The lowest BCUT2D eigenvalue weighted by molar-refractivity contribution is -0.393. The highest BCUT2D eigenvalue weighted by atomic mass is 35.5. The maximum absolute atomic E-state index is 11.7. The van der Waals surface area contributed by atoms with Gasteiger partial charge in [-0.25, -0.2) is 0 Å². The van der Waals surface area contributed by atoms with Crippen molar-refractivity contribution in [2.24, 2.45) is 10.2 Å². The van der Waals surface area contributed by atoms with Crippen molar-refractivity contribution in [3.63, 3.8) is 0 Å². The van der Waals surface area contributed by atoms with Crippen molar-refractivity contribution < 1.29 is 24.5 Å². The number of nitrogens with one attached hydrogen (secondary N) is 2. The summed E-state index contributed by atoms with van der Waals surface area (Å²) in [6.45, 7) is 1.09. The standard InChI is InChI=1S/C20H20ClN7O7/c1-11(30)23-15-9-17(24-12(3-5-22)4-6-29)19(35-2)10-16(15)25-26-20-14(21)7-13(27(31)32)8-18(20)28(33)34/h7-10,12,24,29H,3-4,6H2,1-2H3,(H,23,30). The highest BCUT2D eigenvalue weighted by molar-refractivity contribution is 6.33. The number of carbonyl (C=O) groups is 1. The molecule has 0 radical (unpaired) electrons. The third-order valence-electron chi connectivity index (χ3n) is 4.50. The summed E-state index contributed by atoms with van der Waals surface area (Å²) >= 11 is 6.00. The van der Waals surface area contributed by atoms with Crippen LogP contribution in [0.25, 0.3) is 0 Å². The van der Waals surface area contributed by atoms with Gasteiger partial charge in [0.2, 0.25) is 5.91 Å². The van der Waals surface area contributed by atoms with Gasteiger partial charge in [-0.05, 0) is 12.5 Å². The summed E-state index contributed by atoms with van der Waals surface area (Å²) in [5, 5.41) is 53.7. The van der Waals surface area contributed by atoms with E-state index in [4.69, 9.17) is 21.6 Å². The van der Waals surface area contributed by atoms with Crippen molar-refractivity contribution in [2.75, 3.05) is 24.4 Å². The number of hydrogen-bond acceptors (Lipinski definition) is 11. The van der Waals surface area contributed by atoms with Gasteiger partial charge in [0, 0.05) is 31.7 Å². The second-order valence-electron chi connectivity index (χ2n) is 6.98. The Hall–Kier alpha value is -4.35. The molecule has 0 saturated heterocycles. The number of nitro benzene ring substituents is 2. The van der Waals surface area contributed by atoms with Crippen LogP contribution in [0.1, 0.15) is 19.8 Å². The van der Waals surface area contributed by atoms with E-state index in [2.05, 4.69) is 20.9 Å². The normalized spacial score (nSPS) is 11.5. The highest BCUT2D eigenvalue weighted by Crippen LogP contribution is 2.42. The number of carbonyl (C=O) groups excluding carboxylic acids is 1. The van der Waals surface area contributed by atoms with Gasteiger partial charge in [-0.1, -0.05) is 11.6 Å². The third-order valence-corrected chi connectivity index (χ3v) is 4.78. The van der Waals surface area contributed by atoms with Crippen LogP contribution in [-0.2, 0) is 4.79 Å². The minimum absolute atomic E-state index is 0.0327. The number of nitro groups is 2. The predicted molar refractivity (Wildman–Crippen MR) is 126 cm³/mol. The first-order chi connectivity index (χ1) is 16.6. The van der Waals surface area contributed by atoms with Gasteiger partial charge in [-0.15, -0.1) is 10.2 Å². The second-order valence-corrected chi connectivity index (χ2v) is 7.38. The molecule has 184 valence electrons. The molecule has 1 atom stereocenters. The van der Waals surface area contributed by atoms with E-state index < -0.39 is 38.9 Å². The highest BCUT2D eigenvalue weighted by Gasteiger charge is 2.24. The number of nitriles is 1. The van der Waals surface area contributed by atoms with Gasteiger partial charge in [0.15, 0.2) is 5.69 Å². The molecule has 0 aliphatic heterocycles. The van der Waals surface area contributed by atoms with Crippen LogP contribution in [0.4, 0.5) is 34.1 Å². The quantitative estimate of drug-likeness (QED) is 0.221. The lowest BCUT2D eigenvalue weighted by Gasteiger charge is -2.20. The fourth-order valence-electron chi connectivity index (χ4n) is 2.95. The first-order valence-corrected chi connectivity index (χ1v) is 10.3. The second kappa shape index (κ2) is 12.2. The molecule has 0 spiro atoms. The average molecular weight is 506 g/mol. The molecule has 35 heavy (non-hydrogen) atoms. The topological polar surface area (TPSA) is 205 Å². The molecule has 0 saturated carbocycles. The minimum Gasteiger partial charge on any atom is -0.495 e. The number of methoxy groups -OCH3 is 1. The lowest BCUT2D eigenvalue weighted by Crippen LogP contribution is -2.21. The monoisotopic (exact) mass is 505 g/mol. The average Bonchev–Trinajstić information content (AvgIpc) is 2.78. The molecule has 0 heterocycles. The summed E-state index contributed by atoms with van der Waals surface area (Å²) < 4.78 is 5.35. The summed E-state index contributed by atoms with van der Waals surface area (Å²) in [6.07, 6.45) is 0.360. The van der Waals surface area contributed by atoms with Gasteiger partial charge >= 0.3 is 5.69 Å². The Morgan fingerprint density at radius 2 is 1.94 bits per heavy atom. The van der Waals surface area contributed by atoms with Crippen molar-refractivity contribution in [1.29, 1.82) is 5.26 Å². The zero-order valence-electron chi connectivity index (χ0n) is 18.5. The van der Waals surface area contributed by atoms with Crippen molar-refractivity contribution in [1.82, 2.24) is 0 Å². The molecule has 0 aliphatic carbocycles. The molecule has 2 rings (SSSR count). The van der Waals surface area contributed by atoms with Crippen LogP contribution in [0.2, 0.25) is 5.02 Å². The van der Waals surface area contributed by atoms with Gasteiger partial charge in [0.1, 0.15) is 11.4 Å². The van der Waals surface area contributed by atoms with Gasteiger partial charge in [-0.3, -0.25) is 25.0 Å². The first kappa shape index (κ1) is 26.9. The minimum atomic E-state index is -0.883. The summed E-state index contributed by atoms with van der Waals surface area (Å²) in [6, 6.07) is 6.04. The van der Waals surface area contributed by atoms with Crippen LogP contribution in [0.5, 0.6) is 5.75 Å². The van der Waals surface area contributed by atoms with Crippen molar-refractivity contribution in [3.05, 3.63) is 49.5 Å². The summed E-state index contributed by atoms with van der Waals surface area (Å²) in [7, 11) is 1.36. The number of benzene rings is 2. The lowest BCUT2D eigenvalue weighted by atomic mass is 10.1. The summed E-state index contributed by atoms with van der Waals surface area (Å²) in [4.78, 5) is 32.5. The van der Waals surface area contributed by atoms with Crippen LogP contribution in [-0.4, -0.2) is 40.6 Å². The van der Waals surface area contributed by atoms with Crippen LogP contribution < -0.4 is 15.4 Å². The molecule has 2 aromatic carbocycles. The molecule has 14 nitrogen and oxygen atoms in total. The molecule has 0 aliphatic rings. The van der Waals surface area contributed by atoms with Crippen LogP contribution in [0, 0.1) is 31.6 Å². The number of nitrogens with zero attached hydrogens (tertiary/aromatic N) is 5. The predicted octanol–water partition coefficient (Wildman–Crippen LogP) is 4.62. The molecular weight excluding hydrogens is 486 g/mol. The zero-order chi connectivity index (χ0) is 26.1. The molecule has 0 fully saturated rings. The van der Waals surface area contributed by atoms with Crippen LogP contribution >= 0.6 is 11.6 Å². The number of amides is 1. The Labute approximate surface area is 203 Å². The number of halogens is 1. The Morgan fingerprint density at radius 3 is 2.49 bits per heavy atom. The Kier molecular flexibility index (Phi) is 9.38. The number of aliphatic hydroxyl groups excluding tert-OH is 1.